The molecule has 0 atom stereocenters. The van der Waals surface area contributed by atoms with Crippen molar-refractivity contribution in [1.29, 1.82) is 0 Å². The number of rotatable bonds is 1. The first-order chi connectivity index (χ1) is 4.90. The summed E-state index contributed by atoms with van der Waals surface area (Å²) in [5, 5.41) is 0. The van der Waals surface area contributed by atoms with Crippen LogP contribution in [0.2, 0.25) is 0 Å². The van der Waals surface area contributed by atoms with Crippen LogP contribution in [0.5, 0.6) is 0 Å². The van der Waals surface area contributed by atoms with Crippen LogP contribution in [0.4, 0.5) is 0 Å². The van der Waals surface area contributed by atoms with Gasteiger partial charge in [-0.2, -0.15) is 0 Å². The lowest BCUT2D eigenvalue weighted by Crippen LogP contribution is -1.53. The molecule has 0 unspecified atom stereocenters. The maximum atomic E-state index is 5.25. The Morgan fingerprint density at radius 2 is 2.30 bits per heavy atom. The quantitative estimate of drug-likeness (QED) is 0.599. The van der Waals surface area contributed by atoms with E-state index < -0.39 is 0 Å². The first-order valence-corrected chi connectivity index (χ1v) is 2.99. The molecule has 2 rings (SSSR count). The van der Waals surface area contributed by atoms with Gasteiger partial charge in [-0.25, -0.2) is 0 Å². The zero-order chi connectivity index (χ0) is 6.97. The van der Waals surface area contributed by atoms with Crippen LogP contribution in [0.15, 0.2) is 33.8 Å². The summed E-state index contributed by atoms with van der Waals surface area (Å²) in [4.78, 5) is 0. The Morgan fingerprint density at radius 3 is 3.00 bits per heavy atom. The summed E-state index contributed by atoms with van der Waals surface area (Å²) in [6, 6.07) is 3.59. The fraction of sp³-hybridized carbons (Fsp3) is 0. The molecule has 2 aromatic heterocycles. The Labute approximate surface area is 57.7 Å². The van der Waals surface area contributed by atoms with Gasteiger partial charge in [0.2, 0.25) is 0 Å². The van der Waals surface area contributed by atoms with Gasteiger partial charge in [-0.3, -0.25) is 0 Å². The summed E-state index contributed by atoms with van der Waals surface area (Å²) < 4.78 is 10.3. The zero-order valence-corrected chi connectivity index (χ0v) is 5.33. The van der Waals surface area contributed by atoms with Crippen LogP contribution >= 0.6 is 0 Å². The molecule has 10 heavy (non-hydrogen) atoms. The van der Waals surface area contributed by atoms with Crippen LogP contribution in [0.25, 0.3) is 17.2 Å². The SMILES string of the molecule is C=Cc1cc2occc2o1. The third kappa shape index (κ3) is 0.589. The average Bonchev–Trinajstić information content (AvgIpc) is 2.42. The molecule has 2 aromatic rings. The third-order valence-corrected chi connectivity index (χ3v) is 1.36. The van der Waals surface area contributed by atoms with Crippen molar-refractivity contribution in [3.63, 3.8) is 0 Å². The second kappa shape index (κ2) is 1.77. The smallest absolute Gasteiger partial charge is 0.173 e. The number of furan rings is 2. The van der Waals surface area contributed by atoms with Gasteiger partial charge >= 0.3 is 0 Å². The van der Waals surface area contributed by atoms with Crippen LogP contribution in [0, 0.1) is 0 Å². The van der Waals surface area contributed by atoms with Crippen LogP contribution in [0.1, 0.15) is 5.76 Å². The number of hydrogen-bond acceptors (Lipinski definition) is 2. The molecule has 2 nitrogen and oxygen atoms in total. The third-order valence-electron chi connectivity index (χ3n) is 1.36. The maximum Gasteiger partial charge on any atom is 0.173 e. The zero-order valence-electron chi connectivity index (χ0n) is 5.33. The van der Waals surface area contributed by atoms with Crippen LogP contribution in [-0.4, -0.2) is 0 Å². The van der Waals surface area contributed by atoms with Crippen molar-refractivity contribution in [3.05, 3.63) is 30.7 Å². The van der Waals surface area contributed by atoms with Crippen LogP contribution in [-0.2, 0) is 0 Å². The van der Waals surface area contributed by atoms with Crippen molar-refractivity contribution < 1.29 is 8.83 Å². The molecule has 0 aliphatic carbocycles. The van der Waals surface area contributed by atoms with Crippen molar-refractivity contribution in [1.82, 2.24) is 0 Å². The molecule has 0 saturated heterocycles. The van der Waals surface area contributed by atoms with Crippen molar-refractivity contribution in [2.75, 3.05) is 0 Å². The topological polar surface area (TPSA) is 26.3 Å². The molecule has 0 saturated carbocycles. The van der Waals surface area contributed by atoms with E-state index in [9.17, 15) is 0 Å². The fourth-order valence-electron chi connectivity index (χ4n) is 0.885. The highest BCUT2D eigenvalue weighted by Gasteiger charge is 2.01. The number of fused-ring (bicyclic) bond motifs is 1. The lowest BCUT2D eigenvalue weighted by atomic mass is 10.4. The minimum Gasteiger partial charge on any atom is -0.461 e. The lowest BCUT2D eigenvalue weighted by Gasteiger charge is -1.75. The molecule has 50 valence electrons. The highest BCUT2D eigenvalue weighted by atomic mass is 16.4. The van der Waals surface area contributed by atoms with E-state index in [0.717, 1.165) is 16.9 Å². The second-order valence-corrected chi connectivity index (χ2v) is 2.00. The monoisotopic (exact) mass is 134 g/mol. The van der Waals surface area contributed by atoms with Crippen molar-refractivity contribution >= 4 is 17.2 Å². The van der Waals surface area contributed by atoms with E-state index in [1.807, 2.05) is 6.07 Å². The average molecular weight is 134 g/mol. The van der Waals surface area contributed by atoms with Gasteiger partial charge in [0.15, 0.2) is 11.2 Å². The van der Waals surface area contributed by atoms with Crippen molar-refractivity contribution in [2.24, 2.45) is 0 Å². The Morgan fingerprint density at radius 1 is 1.40 bits per heavy atom. The molecule has 0 aliphatic rings. The summed E-state index contributed by atoms with van der Waals surface area (Å²) in [5.41, 5.74) is 1.55. The minimum atomic E-state index is 0.745. The van der Waals surface area contributed by atoms with Crippen LogP contribution in [0.3, 0.4) is 0 Å². The second-order valence-electron chi connectivity index (χ2n) is 2.00. The molecule has 0 N–H and O–H groups in total. The van der Waals surface area contributed by atoms with Crippen molar-refractivity contribution in [3.8, 4) is 0 Å². The van der Waals surface area contributed by atoms with Gasteiger partial charge in [0.1, 0.15) is 5.76 Å². The van der Waals surface area contributed by atoms with Gasteiger partial charge < -0.3 is 8.83 Å². The Bertz CT molecular complexity index is 325. The van der Waals surface area contributed by atoms with Gasteiger partial charge in [0.25, 0.3) is 0 Å². The van der Waals surface area contributed by atoms with E-state index in [0.29, 0.717) is 0 Å². The van der Waals surface area contributed by atoms with Gasteiger partial charge in [0.05, 0.1) is 6.26 Å². The van der Waals surface area contributed by atoms with E-state index in [4.69, 9.17) is 8.83 Å². The van der Waals surface area contributed by atoms with Gasteiger partial charge in [-0.1, -0.05) is 6.58 Å². The minimum absolute atomic E-state index is 0.745. The highest BCUT2D eigenvalue weighted by molar-refractivity contribution is 5.73. The van der Waals surface area contributed by atoms with E-state index in [1.165, 1.54) is 0 Å². The summed E-state index contributed by atoms with van der Waals surface area (Å²) in [5.74, 6) is 0.745. The molecule has 0 fully saturated rings. The maximum absolute atomic E-state index is 5.25. The molecule has 0 aromatic carbocycles. The largest absolute Gasteiger partial charge is 0.461 e. The predicted molar refractivity (Wildman–Crippen MR) is 38.6 cm³/mol. The van der Waals surface area contributed by atoms with Crippen molar-refractivity contribution in [2.45, 2.75) is 0 Å². The standard InChI is InChI=1S/C8H6O2/c1-2-6-5-8-7(10-6)3-4-9-8/h2-5H,1H2. The predicted octanol–water partition coefficient (Wildman–Crippen LogP) is 2.67. The van der Waals surface area contributed by atoms with Gasteiger partial charge in [-0.15, -0.1) is 0 Å². The first-order valence-electron chi connectivity index (χ1n) is 2.99. The Hall–Kier alpha value is -1.44. The first kappa shape index (κ1) is 5.35. The molecule has 2 heteroatoms. The molecule has 0 radical (unpaired) electrons. The lowest BCUT2D eigenvalue weighted by molar-refractivity contribution is 0.602. The summed E-state index contributed by atoms with van der Waals surface area (Å²) >= 11 is 0. The molecule has 0 amide bonds. The summed E-state index contributed by atoms with van der Waals surface area (Å²) in [6.45, 7) is 3.57. The molecule has 0 bridgehead atoms. The molecule has 0 aliphatic heterocycles. The molecular formula is C8H6O2. The van der Waals surface area contributed by atoms with Gasteiger partial charge in [0, 0.05) is 12.1 Å². The van der Waals surface area contributed by atoms with E-state index >= 15 is 0 Å². The molecule has 0 spiro atoms. The molecular weight excluding hydrogens is 128 g/mol. The normalized spacial score (nSPS) is 10.4. The Kier molecular flexibility index (Phi) is 0.947. The summed E-state index contributed by atoms with van der Waals surface area (Å²) in [7, 11) is 0. The fourth-order valence-corrected chi connectivity index (χ4v) is 0.885. The van der Waals surface area contributed by atoms with E-state index in [1.54, 1.807) is 18.4 Å². The Balaban J connectivity index is 2.78. The van der Waals surface area contributed by atoms with Crippen LogP contribution < -0.4 is 0 Å². The van der Waals surface area contributed by atoms with E-state index in [-0.39, 0.29) is 0 Å². The summed E-state index contributed by atoms with van der Waals surface area (Å²) in [6.07, 6.45) is 3.25. The van der Waals surface area contributed by atoms with Gasteiger partial charge in [-0.05, 0) is 6.08 Å². The van der Waals surface area contributed by atoms with E-state index in [2.05, 4.69) is 6.58 Å². The molecule has 2 heterocycles. The number of hydrogen-bond donors (Lipinski definition) is 0. The highest BCUT2D eigenvalue weighted by Crippen LogP contribution is 2.20.